The van der Waals surface area contributed by atoms with Gasteiger partial charge in [0.2, 0.25) is 5.91 Å². The maximum Gasteiger partial charge on any atom is 0.255 e. The van der Waals surface area contributed by atoms with E-state index in [1.165, 1.54) is 0 Å². The van der Waals surface area contributed by atoms with Crippen molar-refractivity contribution in [1.82, 2.24) is 10.5 Å². The Morgan fingerprint density at radius 3 is 2.43 bits per heavy atom. The number of aromatic nitrogens is 1. The molecule has 0 saturated heterocycles. The molecule has 7 nitrogen and oxygen atoms in total. The molecular formula is C27H26ClN3O4. The van der Waals surface area contributed by atoms with Gasteiger partial charge in [-0.05, 0) is 67.4 Å². The van der Waals surface area contributed by atoms with Crippen molar-refractivity contribution in [1.29, 1.82) is 0 Å². The van der Waals surface area contributed by atoms with Crippen LogP contribution in [-0.2, 0) is 11.4 Å². The van der Waals surface area contributed by atoms with Crippen LogP contribution in [-0.4, -0.2) is 23.5 Å². The molecule has 0 unspecified atom stereocenters. The first kappa shape index (κ1) is 24.3. The molecule has 0 bridgehead atoms. The average molecular weight is 492 g/mol. The summed E-state index contributed by atoms with van der Waals surface area (Å²) in [5.41, 5.74) is 2.73. The largest absolute Gasteiger partial charge is 0.488 e. The van der Waals surface area contributed by atoms with Crippen LogP contribution in [0.1, 0.15) is 40.2 Å². The lowest BCUT2D eigenvalue weighted by Gasteiger charge is -2.13. The fourth-order valence-electron chi connectivity index (χ4n) is 3.68. The van der Waals surface area contributed by atoms with Crippen LogP contribution in [0.2, 0.25) is 5.02 Å². The minimum Gasteiger partial charge on any atom is -0.488 e. The van der Waals surface area contributed by atoms with Crippen LogP contribution >= 0.6 is 11.6 Å². The zero-order valence-electron chi connectivity index (χ0n) is 19.6. The zero-order valence-corrected chi connectivity index (χ0v) is 20.3. The van der Waals surface area contributed by atoms with Gasteiger partial charge in [0.15, 0.2) is 0 Å². The molecule has 0 spiro atoms. The van der Waals surface area contributed by atoms with Gasteiger partial charge in [-0.1, -0.05) is 41.0 Å². The molecule has 4 aromatic rings. The Morgan fingerprint density at radius 2 is 1.74 bits per heavy atom. The summed E-state index contributed by atoms with van der Waals surface area (Å²) in [6.07, 6.45) is 0.768. The fraction of sp³-hybridized carbons (Fsp3) is 0.222. The van der Waals surface area contributed by atoms with Crippen LogP contribution in [0.25, 0.3) is 10.8 Å². The first-order valence-corrected chi connectivity index (χ1v) is 11.7. The van der Waals surface area contributed by atoms with E-state index in [2.05, 4.69) is 15.8 Å². The van der Waals surface area contributed by atoms with Crippen molar-refractivity contribution in [3.05, 3.63) is 88.3 Å². The van der Waals surface area contributed by atoms with Crippen LogP contribution < -0.4 is 15.4 Å². The topological polar surface area (TPSA) is 93.5 Å². The molecule has 0 aliphatic heterocycles. The third kappa shape index (κ3) is 6.19. The van der Waals surface area contributed by atoms with Crippen LogP contribution in [0.3, 0.4) is 0 Å². The van der Waals surface area contributed by atoms with Gasteiger partial charge in [0, 0.05) is 23.7 Å². The van der Waals surface area contributed by atoms with Gasteiger partial charge in [-0.2, -0.15) is 0 Å². The zero-order chi connectivity index (χ0) is 24.8. The van der Waals surface area contributed by atoms with Gasteiger partial charge in [0.25, 0.3) is 5.91 Å². The van der Waals surface area contributed by atoms with Crippen LogP contribution in [0.15, 0.2) is 65.2 Å². The molecule has 4 rings (SSSR count). The number of hydrogen-bond donors (Lipinski definition) is 2. The molecule has 35 heavy (non-hydrogen) atoms. The molecule has 0 aliphatic rings. The Morgan fingerprint density at radius 1 is 1.03 bits per heavy atom. The van der Waals surface area contributed by atoms with Crippen molar-refractivity contribution >= 4 is 39.9 Å². The third-order valence-electron chi connectivity index (χ3n) is 5.64. The minimum absolute atomic E-state index is 0.129. The molecule has 0 fully saturated rings. The molecule has 0 aliphatic carbocycles. The Hall–Kier alpha value is -3.84. The molecule has 0 radical (unpaired) electrons. The third-order valence-corrected chi connectivity index (χ3v) is 5.89. The van der Waals surface area contributed by atoms with Crippen LogP contribution in [0, 0.1) is 13.8 Å². The first-order valence-electron chi connectivity index (χ1n) is 11.3. The van der Waals surface area contributed by atoms with Crippen molar-refractivity contribution in [2.45, 2.75) is 33.3 Å². The summed E-state index contributed by atoms with van der Waals surface area (Å²) in [6.45, 7) is 4.27. The highest BCUT2D eigenvalue weighted by molar-refractivity contribution is 6.30. The van der Waals surface area contributed by atoms with Gasteiger partial charge in [-0.15, -0.1) is 0 Å². The SMILES string of the molecule is Cc1noc(C)c1COc1cc2ccccc2cc1C(=O)NCCCC(=O)Nc1ccc(Cl)cc1. The van der Waals surface area contributed by atoms with Gasteiger partial charge in [0.1, 0.15) is 18.1 Å². The number of carbonyl (C=O) groups excluding carboxylic acids is 2. The Kier molecular flexibility index (Phi) is 7.67. The van der Waals surface area contributed by atoms with E-state index in [0.717, 1.165) is 22.0 Å². The predicted molar refractivity (Wildman–Crippen MR) is 136 cm³/mol. The molecule has 1 heterocycles. The predicted octanol–water partition coefficient (Wildman–Crippen LogP) is 5.83. The summed E-state index contributed by atoms with van der Waals surface area (Å²) < 4.78 is 11.3. The Labute approximate surface area is 208 Å². The highest BCUT2D eigenvalue weighted by Gasteiger charge is 2.16. The first-order chi connectivity index (χ1) is 16.9. The summed E-state index contributed by atoms with van der Waals surface area (Å²) in [5, 5.41) is 12.2. The standard InChI is InChI=1S/C27H26ClN3O4/c1-17-24(18(2)35-31-17)16-34-25-15-20-7-4-3-6-19(20)14-23(25)27(33)29-13-5-8-26(32)30-22-11-9-21(28)10-12-22/h3-4,6-7,9-12,14-15H,5,8,13,16H2,1-2H3,(H,29,33)(H,30,32). The molecule has 180 valence electrons. The lowest BCUT2D eigenvalue weighted by atomic mass is 10.0. The summed E-state index contributed by atoms with van der Waals surface area (Å²) in [6, 6.07) is 18.4. The molecular weight excluding hydrogens is 466 g/mol. The Balaban J connectivity index is 1.39. The lowest BCUT2D eigenvalue weighted by Crippen LogP contribution is -2.26. The molecule has 2 amide bonds. The number of carbonyl (C=O) groups is 2. The summed E-state index contributed by atoms with van der Waals surface area (Å²) in [5.74, 6) is 0.770. The Bertz CT molecular complexity index is 1330. The van der Waals surface area contributed by atoms with Crippen LogP contribution in [0.4, 0.5) is 5.69 Å². The van der Waals surface area contributed by atoms with E-state index in [9.17, 15) is 9.59 Å². The number of hydrogen-bond acceptors (Lipinski definition) is 5. The van der Waals surface area contributed by atoms with Gasteiger partial charge < -0.3 is 19.9 Å². The van der Waals surface area contributed by atoms with E-state index >= 15 is 0 Å². The second-order valence-electron chi connectivity index (χ2n) is 8.20. The molecule has 1 aromatic heterocycles. The normalized spacial score (nSPS) is 10.8. The monoisotopic (exact) mass is 491 g/mol. The van der Waals surface area contributed by atoms with E-state index in [-0.39, 0.29) is 24.8 Å². The minimum atomic E-state index is -0.261. The number of ether oxygens (including phenoxy) is 1. The maximum absolute atomic E-state index is 13.0. The van der Waals surface area contributed by atoms with Crippen LogP contribution in [0.5, 0.6) is 5.75 Å². The van der Waals surface area contributed by atoms with Gasteiger partial charge in [0.05, 0.1) is 16.8 Å². The number of fused-ring (bicyclic) bond motifs is 1. The molecule has 8 heteroatoms. The van der Waals surface area contributed by atoms with Crippen molar-refractivity contribution < 1.29 is 18.8 Å². The summed E-state index contributed by atoms with van der Waals surface area (Å²) in [4.78, 5) is 25.2. The highest BCUT2D eigenvalue weighted by atomic mass is 35.5. The molecule has 2 N–H and O–H groups in total. The fourth-order valence-corrected chi connectivity index (χ4v) is 3.80. The number of nitrogens with zero attached hydrogens (tertiary/aromatic N) is 1. The number of amides is 2. The maximum atomic E-state index is 13.0. The number of aryl methyl sites for hydroxylation is 2. The second kappa shape index (κ2) is 11.1. The molecule has 0 saturated carbocycles. The lowest BCUT2D eigenvalue weighted by molar-refractivity contribution is -0.116. The quantitative estimate of drug-likeness (QED) is 0.287. The average Bonchev–Trinajstić information content (AvgIpc) is 3.18. The van der Waals surface area contributed by atoms with Gasteiger partial charge >= 0.3 is 0 Å². The number of rotatable bonds is 9. The van der Waals surface area contributed by atoms with Gasteiger partial charge in [-0.25, -0.2) is 0 Å². The smallest absolute Gasteiger partial charge is 0.255 e. The number of anilines is 1. The van der Waals surface area contributed by atoms with E-state index in [1.807, 2.05) is 50.2 Å². The van der Waals surface area contributed by atoms with Gasteiger partial charge in [-0.3, -0.25) is 9.59 Å². The van der Waals surface area contributed by atoms with Crippen molar-refractivity contribution in [3.8, 4) is 5.75 Å². The second-order valence-corrected chi connectivity index (χ2v) is 8.64. The van der Waals surface area contributed by atoms with Crippen molar-refractivity contribution in [2.24, 2.45) is 0 Å². The van der Waals surface area contributed by atoms with E-state index < -0.39 is 0 Å². The highest BCUT2D eigenvalue weighted by Crippen LogP contribution is 2.28. The van der Waals surface area contributed by atoms with Crippen molar-refractivity contribution in [2.75, 3.05) is 11.9 Å². The van der Waals surface area contributed by atoms with Crippen molar-refractivity contribution in [3.63, 3.8) is 0 Å². The molecule has 0 atom stereocenters. The number of nitrogens with one attached hydrogen (secondary N) is 2. The number of benzene rings is 3. The van der Waals surface area contributed by atoms with E-state index in [4.69, 9.17) is 20.9 Å². The van der Waals surface area contributed by atoms with E-state index in [1.54, 1.807) is 24.3 Å². The summed E-state index contributed by atoms with van der Waals surface area (Å²) in [7, 11) is 0. The summed E-state index contributed by atoms with van der Waals surface area (Å²) >= 11 is 5.86. The molecule has 3 aromatic carbocycles. The number of halogens is 1. The van der Waals surface area contributed by atoms with E-state index in [0.29, 0.717) is 40.7 Å².